The zero-order valence-electron chi connectivity index (χ0n) is 16.2. The first-order valence-corrected chi connectivity index (χ1v) is 10.5. The molecular formula is C22H21BrN4O3. The van der Waals surface area contributed by atoms with Crippen molar-refractivity contribution in [1.82, 2.24) is 15.2 Å². The Morgan fingerprint density at radius 3 is 2.83 bits per heavy atom. The van der Waals surface area contributed by atoms with Gasteiger partial charge in [0.15, 0.2) is 0 Å². The van der Waals surface area contributed by atoms with Crippen molar-refractivity contribution in [3.63, 3.8) is 0 Å². The number of aromatic nitrogens is 1. The van der Waals surface area contributed by atoms with Gasteiger partial charge in [-0.05, 0) is 42.8 Å². The van der Waals surface area contributed by atoms with E-state index in [0.29, 0.717) is 24.3 Å². The van der Waals surface area contributed by atoms with Crippen LogP contribution in [0, 0.1) is 0 Å². The maximum absolute atomic E-state index is 12.4. The van der Waals surface area contributed by atoms with Gasteiger partial charge in [0.1, 0.15) is 6.04 Å². The van der Waals surface area contributed by atoms with Crippen LogP contribution in [0.5, 0.6) is 0 Å². The Labute approximate surface area is 182 Å². The van der Waals surface area contributed by atoms with Gasteiger partial charge in [0.2, 0.25) is 11.8 Å². The van der Waals surface area contributed by atoms with Crippen LogP contribution < -0.4 is 16.0 Å². The smallest absolute Gasteiger partial charge is 0.254 e. The number of nitrogens with one attached hydrogen (secondary N) is 3. The summed E-state index contributed by atoms with van der Waals surface area (Å²) in [6, 6.07) is 14.2. The highest BCUT2D eigenvalue weighted by molar-refractivity contribution is 9.10. The molecule has 3 aromatic rings. The van der Waals surface area contributed by atoms with Crippen LogP contribution in [0.15, 0.2) is 59.2 Å². The molecule has 2 aromatic carbocycles. The van der Waals surface area contributed by atoms with Crippen LogP contribution in [-0.2, 0) is 16.1 Å². The number of halogens is 1. The highest BCUT2D eigenvalue weighted by Crippen LogP contribution is 2.21. The summed E-state index contributed by atoms with van der Waals surface area (Å²) in [7, 11) is 0. The number of hydrogen-bond acceptors (Lipinski definition) is 3. The number of anilines is 1. The van der Waals surface area contributed by atoms with Crippen molar-refractivity contribution in [2.24, 2.45) is 0 Å². The van der Waals surface area contributed by atoms with Gasteiger partial charge < -0.3 is 20.5 Å². The van der Waals surface area contributed by atoms with Crippen molar-refractivity contribution in [3.8, 4) is 0 Å². The van der Waals surface area contributed by atoms with Crippen molar-refractivity contribution >= 4 is 50.2 Å². The van der Waals surface area contributed by atoms with Crippen LogP contribution in [0.2, 0.25) is 0 Å². The second kappa shape index (κ2) is 8.71. The zero-order chi connectivity index (χ0) is 21.1. The van der Waals surface area contributed by atoms with Crippen molar-refractivity contribution < 1.29 is 14.4 Å². The summed E-state index contributed by atoms with van der Waals surface area (Å²) in [5.74, 6) is -0.787. The summed E-state index contributed by atoms with van der Waals surface area (Å²) in [6.45, 7) is 1.13. The largest absolute Gasteiger partial charge is 0.354 e. The number of carbonyl (C=O) groups is 3. The average Bonchev–Trinajstić information content (AvgIpc) is 3.07. The average molecular weight is 469 g/mol. The number of hydrogen-bond donors (Lipinski definition) is 3. The molecule has 3 amide bonds. The molecule has 2 heterocycles. The molecule has 1 aliphatic heterocycles. The Morgan fingerprint density at radius 1 is 1.13 bits per heavy atom. The molecule has 7 nitrogen and oxygen atoms in total. The molecule has 1 atom stereocenters. The van der Waals surface area contributed by atoms with E-state index in [0.717, 1.165) is 15.4 Å². The third kappa shape index (κ3) is 4.38. The van der Waals surface area contributed by atoms with Gasteiger partial charge in [-0.2, -0.15) is 0 Å². The van der Waals surface area contributed by atoms with Crippen molar-refractivity contribution in [1.29, 1.82) is 0 Å². The van der Waals surface area contributed by atoms with E-state index in [1.54, 1.807) is 24.3 Å². The Bertz CT molecular complexity index is 1120. The normalized spacial score (nSPS) is 15.8. The van der Waals surface area contributed by atoms with Crippen LogP contribution in [-0.4, -0.2) is 34.9 Å². The van der Waals surface area contributed by atoms with E-state index >= 15 is 0 Å². The lowest BCUT2D eigenvalue weighted by Gasteiger charge is -2.14. The molecule has 0 saturated carbocycles. The SMILES string of the molecule is O=C(CC[C@@H]1NC(=O)c2ccccc2NC1=O)NCCn1ccc2cc(Br)ccc21. The van der Waals surface area contributed by atoms with Crippen molar-refractivity contribution in [2.45, 2.75) is 25.4 Å². The molecule has 1 aromatic heterocycles. The summed E-state index contributed by atoms with van der Waals surface area (Å²) in [5, 5.41) is 9.47. The molecule has 0 radical (unpaired) electrons. The molecule has 0 spiro atoms. The molecule has 30 heavy (non-hydrogen) atoms. The van der Waals surface area contributed by atoms with E-state index in [1.165, 1.54) is 0 Å². The molecule has 8 heteroatoms. The predicted octanol–water partition coefficient (Wildman–Crippen LogP) is 3.05. The van der Waals surface area contributed by atoms with Crippen LogP contribution in [0.25, 0.3) is 10.9 Å². The highest BCUT2D eigenvalue weighted by atomic mass is 79.9. The van der Waals surface area contributed by atoms with Gasteiger partial charge in [-0.25, -0.2) is 0 Å². The zero-order valence-corrected chi connectivity index (χ0v) is 17.7. The first-order valence-electron chi connectivity index (χ1n) is 9.73. The Hall–Kier alpha value is -3.13. The molecule has 4 rings (SSSR count). The van der Waals surface area contributed by atoms with E-state index in [9.17, 15) is 14.4 Å². The third-order valence-electron chi connectivity index (χ3n) is 5.12. The third-order valence-corrected chi connectivity index (χ3v) is 5.61. The van der Waals surface area contributed by atoms with E-state index in [1.807, 2.05) is 24.4 Å². The number of benzene rings is 2. The summed E-state index contributed by atoms with van der Waals surface area (Å²) < 4.78 is 3.11. The minimum absolute atomic E-state index is 0.147. The van der Waals surface area contributed by atoms with Gasteiger partial charge in [0, 0.05) is 41.1 Å². The van der Waals surface area contributed by atoms with E-state index in [2.05, 4.69) is 42.5 Å². The summed E-state index contributed by atoms with van der Waals surface area (Å²) in [5.41, 5.74) is 2.01. The second-order valence-electron chi connectivity index (χ2n) is 7.16. The van der Waals surface area contributed by atoms with Gasteiger partial charge in [-0.3, -0.25) is 14.4 Å². The topological polar surface area (TPSA) is 92.2 Å². The summed E-state index contributed by atoms with van der Waals surface area (Å²) in [4.78, 5) is 37.0. The molecule has 0 aliphatic carbocycles. The number of carbonyl (C=O) groups excluding carboxylic acids is 3. The first kappa shape index (κ1) is 20.2. The van der Waals surface area contributed by atoms with Crippen molar-refractivity contribution in [3.05, 3.63) is 64.8 Å². The van der Waals surface area contributed by atoms with E-state index in [4.69, 9.17) is 0 Å². The Morgan fingerprint density at radius 2 is 1.97 bits per heavy atom. The fourth-order valence-corrected chi connectivity index (χ4v) is 3.94. The molecular weight excluding hydrogens is 448 g/mol. The van der Waals surface area contributed by atoms with Crippen LogP contribution >= 0.6 is 15.9 Å². The first-order chi connectivity index (χ1) is 14.5. The molecule has 0 unspecified atom stereocenters. The maximum Gasteiger partial charge on any atom is 0.254 e. The predicted molar refractivity (Wildman–Crippen MR) is 118 cm³/mol. The van der Waals surface area contributed by atoms with Crippen LogP contribution in [0.3, 0.4) is 0 Å². The monoisotopic (exact) mass is 468 g/mol. The van der Waals surface area contributed by atoms with Gasteiger partial charge in [-0.15, -0.1) is 0 Å². The fourth-order valence-electron chi connectivity index (χ4n) is 3.56. The number of para-hydroxylation sites is 1. The maximum atomic E-state index is 12.4. The molecule has 0 fully saturated rings. The minimum atomic E-state index is -0.748. The van der Waals surface area contributed by atoms with Crippen molar-refractivity contribution in [2.75, 3.05) is 11.9 Å². The standard InChI is InChI=1S/C22H21BrN4O3/c23-15-5-7-19-14(13-15)9-11-27(19)12-10-24-20(28)8-6-18-22(30)25-17-4-2-1-3-16(17)21(29)26-18/h1-5,7,9,11,13,18H,6,8,10,12H2,(H,24,28)(H,25,30)(H,26,29)/t18-/m0/s1. The van der Waals surface area contributed by atoms with Crippen LogP contribution in [0.4, 0.5) is 5.69 Å². The number of amides is 3. The molecule has 3 N–H and O–H groups in total. The minimum Gasteiger partial charge on any atom is -0.354 e. The lowest BCUT2D eigenvalue weighted by atomic mass is 10.1. The van der Waals surface area contributed by atoms with Gasteiger partial charge in [0.25, 0.3) is 5.91 Å². The quantitative estimate of drug-likeness (QED) is 0.518. The molecule has 0 saturated heterocycles. The molecule has 0 bridgehead atoms. The van der Waals surface area contributed by atoms with E-state index in [-0.39, 0.29) is 30.6 Å². The van der Waals surface area contributed by atoms with Crippen LogP contribution in [0.1, 0.15) is 23.2 Å². The lowest BCUT2D eigenvalue weighted by Crippen LogP contribution is -2.42. The number of nitrogens with zero attached hydrogens (tertiary/aromatic N) is 1. The van der Waals surface area contributed by atoms with Gasteiger partial charge in [0.05, 0.1) is 11.3 Å². The second-order valence-corrected chi connectivity index (χ2v) is 8.08. The van der Waals surface area contributed by atoms with Gasteiger partial charge in [-0.1, -0.05) is 28.1 Å². The lowest BCUT2D eigenvalue weighted by molar-refractivity contribution is -0.121. The summed E-state index contributed by atoms with van der Waals surface area (Å²) >= 11 is 3.46. The number of fused-ring (bicyclic) bond motifs is 2. The summed E-state index contributed by atoms with van der Waals surface area (Å²) in [6.07, 6.45) is 2.37. The number of rotatable bonds is 6. The van der Waals surface area contributed by atoms with E-state index < -0.39 is 6.04 Å². The molecule has 1 aliphatic rings. The van der Waals surface area contributed by atoms with Gasteiger partial charge >= 0.3 is 0 Å². The Kier molecular flexibility index (Phi) is 5.85. The molecule has 154 valence electrons. The fraction of sp³-hybridized carbons (Fsp3) is 0.227. The highest BCUT2D eigenvalue weighted by Gasteiger charge is 2.27. The Balaban J connectivity index is 1.27.